The molecule has 3 N–H and O–H groups in total. The average Bonchev–Trinajstić information content (AvgIpc) is 2.31. The molecule has 0 aliphatic carbocycles. The maximum absolute atomic E-state index is 5.39. The van der Waals surface area contributed by atoms with Gasteiger partial charge in [0, 0.05) is 11.6 Å². The summed E-state index contributed by atoms with van der Waals surface area (Å²) in [5.41, 5.74) is 4.50. The molecule has 1 aromatic carbocycles. The molecular formula is C12H11N3. The molecule has 1 atom stereocenters. The van der Waals surface area contributed by atoms with Crippen molar-refractivity contribution in [2.75, 3.05) is 0 Å². The molecule has 0 aliphatic rings. The van der Waals surface area contributed by atoms with Crippen molar-refractivity contribution in [3.63, 3.8) is 0 Å². The van der Waals surface area contributed by atoms with E-state index in [1.54, 1.807) is 6.20 Å². The maximum Gasteiger partial charge on any atom is 0.107 e. The van der Waals surface area contributed by atoms with Crippen molar-refractivity contribution in [2.45, 2.75) is 6.04 Å². The minimum Gasteiger partial charge on any atom is -0.270 e. The van der Waals surface area contributed by atoms with Crippen molar-refractivity contribution in [1.29, 1.82) is 0 Å². The van der Waals surface area contributed by atoms with Gasteiger partial charge in [0.1, 0.15) is 6.04 Å². The van der Waals surface area contributed by atoms with Crippen LogP contribution in [0.15, 0.2) is 36.5 Å². The Kier molecular flexibility index (Phi) is 2.64. The lowest BCUT2D eigenvalue weighted by Gasteiger charge is -2.11. The van der Waals surface area contributed by atoms with E-state index in [9.17, 15) is 0 Å². The first-order chi connectivity index (χ1) is 7.36. The molecule has 15 heavy (non-hydrogen) atoms. The fraction of sp³-hybridized carbons (Fsp3) is 0.0833. The molecule has 2 rings (SSSR count). The summed E-state index contributed by atoms with van der Waals surface area (Å²) in [6, 6.07) is 9.44. The first-order valence-electron chi connectivity index (χ1n) is 4.62. The Balaban J connectivity index is 2.66. The van der Waals surface area contributed by atoms with Crippen LogP contribution in [0.4, 0.5) is 0 Å². The predicted octanol–water partition coefficient (Wildman–Crippen LogP) is 1.37. The third kappa shape index (κ3) is 1.68. The number of hydrogen-bond donors (Lipinski definition) is 2. The Morgan fingerprint density at radius 3 is 2.87 bits per heavy atom. The van der Waals surface area contributed by atoms with Crippen LogP contribution in [-0.2, 0) is 0 Å². The Labute approximate surface area is 88.3 Å². The Morgan fingerprint density at radius 2 is 2.13 bits per heavy atom. The van der Waals surface area contributed by atoms with Crippen molar-refractivity contribution in [1.82, 2.24) is 10.4 Å². The van der Waals surface area contributed by atoms with E-state index in [0.29, 0.717) is 0 Å². The molecule has 3 nitrogen and oxygen atoms in total. The molecule has 3 heteroatoms. The number of rotatable bonds is 2. The number of nitrogens with one attached hydrogen (secondary N) is 1. The van der Waals surface area contributed by atoms with Gasteiger partial charge in [-0.05, 0) is 17.7 Å². The summed E-state index contributed by atoms with van der Waals surface area (Å²) < 4.78 is 0. The van der Waals surface area contributed by atoms with E-state index in [-0.39, 0.29) is 6.04 Å². The largest absolute Gasteiger partial charge is 0.270 e. The lowest BCUT2D eigenvalue weighted by molar-refractivity contribution is 0.677. The number of benzene rings is 1. The zero-order valence-corrected chi connectivity index (χ0v) is 8.14. The molecule has 1 heterocycles. The van der Waals surface area contributed by atoms with Crippen LogP contribution in [0.1, 0.15) is 11.6 Å². The van der Waals surface area contributed by atoms with Crippen LogP contribution in [-0.4, -0.2) is 4.98 Å². The van der Waals surface area contributed by atoms with E-state index >= 15 is 0 Å². The van der Waals surface area contributed by atoms with Crippen molar-refractivity contribution in [2.24, 2.45) is 5.84 Å². The molecular weight excluding hydrogens is 186 g/mol. The van der Waals surface area contributed by atoms with Crippen LogP contribution in [0, 0.1) is 12.3 Å². The predicted molar refractivity (Wildman–Crippen MR) is 60.6 cm³/mol. The van der Waals surface area contributed by atoms with E-state index < -0.39 is 0 Å². The third-order valence-corrected chi connectivity index (χ3v) is 2.33. The molecule has 0 fully saturated rings. The number of nitrogens with two attached hydrogens (primary N) is 1. The molecule has 0 bridgehead atoms. The Morgan fingerprint density at radius 1 is 1.33 bits per heavy atom. The monoisotopic (exact) mass is 197 g/mol. The number of fused-ring (bicyclic) bond motifs is 1. The van der Waals surface area contributed by atoms with Crippen LogP contribution >= 0.6 is 0 Å². The topological polar surface area (TPSA) is 50.9 Å². The van der Waals surface area contributed by atoms with E-state index in [1.165, 1.54) is 0 Å². The van der Waals surface area contributed by atoms with Gasteiger partial charge in [-0.1, -0.05) is 24.1 Å². The van der Waals surface area contributed by atoms with Crippen molar-refractivity contribution in [3.8, 4) is 12.3 Å². The summed E-state index contributed by atoms with van der Waals surface area (Å²) in [6.45, 7) is 0. The molecule has 1 aromatic heterocycles. The standard InChI is InChI=1S/C12H11N3/c1-2-11(15-13)10-7-8-14-12-6-4-3-5-9(10)12/h1,3-8,11,15H,13H2. The van der Waals surface area contributed by atoms with Gasteiger partial charge < -0.3 is 0 Å². The lowest BCUT2D eigenvalue weighted by Crippen LogP contribution is -2.26. The smallest absolute Gasteiger partial charge is 0.107 e. The highest BCUT2D eigenvalue weighted by Crippen LogP contribution is 2.21. The first-order valence-corrected chi connectivity index (χ1v) is 4.62. The van der Waals surface area contributed by atoms with Crippen molar-refractivity contribution >= 4 is 10.9 Å². The Bertz CT molecular complexity index is 508. The number of terminal acetylenes is 1. The Hall–Kier alpha value is -1.89. The number of para-hydroxylation sites is 1. The second-order valence-corrected chi connectivity index (χ2v) is 3.18. The summed E-state index contributed by atoms with van der Waals surface area (Å²) in [4.78, 5) is 4.26. The molecule has 0 aliphatic heterocycles. The van der Waals surface area contributed by atoms with Crippen molar-refractivity contribution < 1.29 is 0 Å². The summed E-state index contributed by atoms with van der Waals surface area (Å²) >= 11 is 0. The van der Waals surface area contributed by atoms with Gasteiger partial charge in [0.2, 0.25) is 0 Å². The molecule has 0 saturated carbocycles. The molecule has 0 radical (unpaired) electrons. The SMILES string of the molecule is C#CC(NN)c1ccnc2ccccc12. The second-order valence-electron chi connectivity index (χ2n) is 3.18. The number of pyridine rings is 1. The fourth-order valence-corrected chi connectivity index (χ4v) is 1.60. The fourth-order valence-electron chi connectivity index (χ4n) is 1.60. The summed E-state index contributed by atoms with van der Waals surface area (Å²) in [5.74, 6) is 7.99. The van der Waals surface area contributed by atoms with Gasteiger partial charge in [0.25, 0.3) is 0 Å². The highest BCUT2D eigenvalue weighted by molar-refractivity contribution is 5.82. The zero-order valence-electron chi connectivity index (χ0n) is 8.14. The van der Waals surface area contributed by atoms with E-state index in [4.69, 9.17) is 12.3 Å². The minimum atomic E-state index is -0.280. The van der Waals surface area contributed by atoms with Crippen LogP contribution in [0.5, 0.6) is 0 Å². The molecule has 0 saturated heterocycles. The highest BCUT2D eigenvalue weighted by atomic mass is 15.2. The van der Waals surface area contributed by atoms with Crippen LogP contribution < -0.4 is 11.3 Å². The number of nitrogens with zero attached hydrogens (tertiary/aromatic N) is 1. The number of aromatic nitrogens is 1. The molecule has 0 amide bonds. The molecule has 1 unspecified atom stereocenters. The van der Waals surface area contributed by atoms with E-state index in [0.717, 1.165) is 16.5 Å². The quantitative estimate of drug-likeness (QED) is 0.434. The van der Waals surface area contributed by atoms with Gasteiger partial charge in [-0.2, -0.15) is 0 Å². The van der Waals surface area contributed by atoms with E-state index in [2.05, 4.69) is 16.3 Å². The first kappa shape index (κ1) is 9.66. The van der Waals surface area contributed by atoms with Gasteiger partial charge in [0.05, 0.1) is 5.52 Å². The third-order valence-electron chi connectivity index (χ3n) is 2.33. The highest BCUT2D eigenvalue weighted by Gasteiger charge is 2.09. The number of hydrazine groups is 1. The second kappa shape index (κ2) is 4.09. The molecule has 74 valence electrons. The normalized spacial score (nSPS) is 12.3. The minimum absolute atomic E-state index is 0.280. The molecule has 2 aromatic rings. The van der Waals surface area contributed by atoms with Crippen molar-refractivity contribution in [3.05, 3.63) is 42.1 Å². The lowest BCUT2D eigenvalue weighted by atomic mass is 10.0. The summed E-state index contributed by atoms with van der Waals surface area (Å²) in [7, 11) is 0. The van der Waals surface area contributed by atoms with E-state index in [1.807, 2.05) is 30.3 Å². The zero-order chi connectivity index (χ0) is 10.7. The van der Waals surface area contributed by atoms with Crippen LogP contribution in [0.2, 0.25) is 0 Å². The maximum atomic E-state index is 5.39. The van der Waals surface area contributed by atoms with Gasteiger partial charge in [-0.3, -0.25) is 10.8 Å². The van der Waals surface area contributed by atoms with Gasteiger partial charge in [-0.25, -0.2) is 5.43 Å². The summed E-state index contributed by atoms with van der Waals surface area (Å²) in [5, 5.41) is 1.03. The molecule has 0 spiro atoms. The van der Waals surface area contributed by atoms with Gasteiger partial charge in [0.15, 0.2) is 0 Å². The summed E-state index contributed by atoms with van der Waals surface area (Å²) in [6.07, 6.45) is 7.13. The average molecular weight is 197 g/mol. The van der Waals surface area contributed by atoms with Crippen LogP contribution in [0.3, 0.4) is 0 Å². The van der Waals surface area contributed by atoms with Gasteiger partial charge >= 0.3 is 0 Å². The van der Waals surface area contributed by atoms with Crippen LogP contribution in [0.25, 0.3) is 10.9 Å². The number of hydrogen-bond acceptors (Lipinski definition) is 3. The van der Waals surface area contributed by atoms with Gasteiger partial charge in [-0.15, -0.1) is 6.42 Å².